The minimum Gasteiger partial charge on any atom is -0.494 e. The Morgan fingerprint density at radius 2 is 1.92 bits per heavy atom. The van der Waals surface area contributed by atoms with Crippen LogP contribution in [-0.2, 0) is 0 Å². The Hall–Kier alpha value is -0.630. The maximum Gasteiger partial charge on any atom is 0.119 e. The SMILES string of the molecule is Cc1ccc(OCCC(C)S)cc1. The molecule has 0 aliphatic heterocycles. The molecule has 0 spiro atoms. The van der Waals surface area contributed by atoms with Gasteiger partial charge >= 0.3 is 0 Å². The molecule has 0 radical (unpaired) electrons. The maximum atomic E-state index is 5.52. The highest BCUT2D eigenvalue weighted by molar-refractivity contribution is 7.80. The van der Waals surface area contributed by atoms with E-state index in [4.69, 9.17) is 4.74 Å². The largest absolute Gasteiger partial charge is 0.494 e. The predicted octanol–water partition coefficient (Wildman–Crippen LogP) is 3.08. The Bertz CT molecular complexity index is 241. The van der Waals surface area contributed by atoms with Crippen LogP contribution in [0.1, 0.15) is 18.9 Å². The highest BCUT2D eigenvalue weighted by atomic mass is 32.1. The summed E-state index contributed by atoms with van der Waals surface area (Å²) >= 11 is 4.28. The molecule has 1 atom stereocenters. The lowest BCUT2D eigenvalue weighted by molar-refractivity contribution is 0.311. The first-order chi connectivity index (χ1) is 6.18. The van der Waals surface area contributed by atoms with Crippen LogP contribution in [-0.4, -0.2) is 11.9 Å². The fraction of sp³-hybridized carbons (Fsp3) is 0.455. The molecule has 1 aromatic carbocycles. The standard InChI is InChI=1S/C11H16OS/c1-9-3-5-11(6-4-9)12-8-7-10(2)13/h3-6,10,13H,7-8H2,1-2H3. The molecule has 13 heavy (non-hydrogen) atoms. The number of benzene rings is 1. The van der Waals surface area contributed by atoms with Gasteiger partial charge in [-0.3, -0.25) is 0 Å². The molecule has 72 valence electrons. The fourth-order valence-electron chi connectivity index (χ4n) is 0.982. The Kier molecular flexibility index (Phi) is 4.16. The molecular weight excluding hydrogens is 180 g/mol. The van der Waals surface area contributed by atoms with Gasteiger partial charge in [0.15, 0.2) is 0 Å². The molecule has 1 rings (SSSR count). The zero-order valence-corrected chi connectivity index (χ0v) is 9.05. The van der Waals surface area contributed by atoms with Crippen LogP contribution < -0.4 is 4.74 Å². The third kappa shape index (κ3) is 4.23. The van der Waals surface area contributed by atoms with Crippen LogP contribution in [0, 0.1) is 6.92 Å². The van der Waals surface area contributed by atoms with Gasteiger partial charge in [-0.2, -0.15) is 12.6 Å². The molecule has 0 fully saturated rings. The summed E-state index contributed by atoms with van der Waals surface area (Å²) in [4.78, 5) is 0. The van der Waals surface area contributed by atoms with Gasteiger partial charge in [0.2, 0.25) is 0 Å². The fourth-order valence-corrected chi connectivity index (χ4v) is 1.09. The summed E-state index contributed by atoms with van der Waals surface area (Å²) in [5.74, 6) is 0.944. The summed E-state index contributed by atoms with van der Waals surface area (Å²) in [6, 6.07) is 8.11. The molecule has 0 heterocycles. The summed E-state index contributed by atoms with van der Waals surface area (Å²) in [7, 11) is 0. The van der Waals surface area contributed by atoms with Crippen LogP contribution >= 0.6 is 12.6 Å². The van der Waals surface area contributed by atoms with Crippen molar-refractivity contribution in [2.75, 3.05) is 6.61 Å². The second-order valence-electron chi connectivity index (χ2n) is 3.30. The first-order valence-electron chi connectivity index (χ1n) is 4.56. The Morgan fingerprint density at radius 3 is 2.46 bits per heavy atom. The van der Waals surface area contributed by atoms with E-state index in [0.717, 1.165) is 18.8 Å². The van der Waals surface area contributed by atoms with Crippen LogP contribution in [0.4, 0.5) is 0 Å². The number of aryl methyl sites for hydroxylation is 1. The first kappa shape index (κ1) is 10.5. The van der Waals surface area contributed by atoms with Crippen LogP contribution in [0.5, 0.6) is 5.75 Å². The van der Waals surface area contributed by atoms with Crippen molar-refractivity contribution in [2.24, 2.45) is 0 Å². The summed E-state index contributed by atoms with van der Waals surface area (Å²) in [6.07, 6.45) is 0.983. The van der Waals surface area contributed by atoms with E-state index >= 15 is 0 Å². The van der Waals surface area contributed by atoms with Crippen molar-refractivity contribution < 1.29 is 4.74 Å². The number of hydrogen-bond donors (Lipinski definition) is 1. The van der Waals surface area contributed by atoms with Crippen molar-refractivity contribution in [3.05, 3.63) is 29.8 Å². The number of rotatable bonds is 4. The van der Waals surface area contributed by atoms with Crippen LogP contribution in [0.25, 0.3) is 0 Å². The average Bonchev–Trinajstić information content (AvgIpc) is 2.08. The quantitative estimate of drug-likeness (QED) is 0.728. The van der Waals surface area contributed by atoms with Gasteiger partial charge in [-0.25, -0.2) is 0 Å². The van der Waals surface area contributed by atoms with E-state index in [2.05, 4.69) is 38.6 Å². The van der Waals surface area contributed by atoms with Crippen molar-refractivity contribution in [2.45, 2.75) is 25.5 Å². The van der Waals surface area contributed by atoms with E-state index in [1.807, 2.05) is 12.1 Å². The molecule has 1 nitrogen and oxygen atoms in total. The molecule has 0 saturated carbocycles. The van der Waals surface area contributed by atoms with Gasteiger partial charge < -0.3 is 4.74 Å². The monoisotopic (exact) mass is 196 g/mol. The second kappa shape index (κ2) is 5.18. The summed E-state index contributed by atoms with van der Waals surface area (Å²) in [6.45, 7) is 4.88. The molecule has 0 aromatic heterocycles. The van der Waals surface area contributed by atoms with Gasteiger partial charge in [0.25, 0.3) is 0 Å². The second-order valence-corrected chi connectivity index (χ2v) is 4.18. The summed E-state index contributed by atoms with van der Waals surface area (Å²) in [5.41, 5.74) is 1.26. The van der Waals surface area contributed by atoms with Crippen LogP contribution in [0.3, 0.4) is 0 Å². The van der Waals surface area contributed by atoms with Gasteiger partial charge in [0.1, 0.15) is 5.75 Å². The van der Waals surface area contributed by atoms with E-state index in [1.54, 1.807) is 0 Å². The van der Waals surface area contributed by atoms with E-state index < -0.39 is 0 Å². The van der Waals surface area contributed by atoms with Gasteiger partial charge in [-0.1, -0.05) is 24.6 Å². The van der Waals surface area contributed by atoms with Crippen LogP contribution in [0.2, 0.25) is 0 Å². The van der Waals surface area contributed by atoms with Crippen LogP contribution in [0.15, 0.2) is 24.3 Å². The molecule has 1 unspecified atom stereocenters. The van der Waals surface area contributed by atoms with E-state index in [0.29, 0.717) is 5.25 Å². The third-order valence-electron chi connectivity index (χ3n) is 1.83. The predicted molar refractivity (Wildman–Crippen MR) is 59.7 cm³/mol. The topological polar surface area (TPSA) is 9.23 Å². The van der Waals surface area contributed by atoms with Crippen molar-refractivity contribution in [1.82, 2.24) is 0 Å². The normalized spacial score (nSPS) is 12.5. The summed E-state index contributed by atoms with van der Waals surface area (Å²) < 4.78 is 5.52. The van der Waals surface area contributed by atoms with E-state index in [1.165, 1.54) is 5.56 Å². The Balaban J connectivity index is 2.33. The molecule has 0 saturated heterocycles. The van der Waals surface area contributed by atoms with E-state index in [9.17, 15) is 0 Å². The molecule has 0 N–H and O–H groups in total. The first-order valence-corrected chi connectivity index (χ1v) is 5.07. The zero-order valence-electron chi connectivity index (χ0n) is 8.16. The lowest BCUT2D eigenvalue weighted by Gasteiger charge is -2.07. The van der Waals surface area contributed by atoms with E-state index in [-0.39, 0.29) is 0 Å². The lowest BCUT2D eigenvalue weighted by Crippen LogP contribution is -2.02. The minimum atomic E-state index is 0.408. The lowest BCUT2D eigenvalue weighted by atomic mass is 10.2. The van der Waals surface area contributed by atoms with Gasteiger partial charge in [-0.05, 0) is 25.5 Å². The minimum absolute atomic E-state index is 0.408. The zero-order chi connectivity index (χ0) is 9.68. The maximum absolute atomic E-state index is 5.52. The van der Waals surface area contributed by atoms with Crippen molar-refractivity contribution in [3.63, 3.8) is 0 Å². The average molecular weight is 196 g/mol. The smallest absolute Gasteiger partial charge is 0.119 e. The highest BCUT2D eigenvalue weighted by Gasteiger charge is 1.96. The van der Waals surface area contributed by atoms with Gasteiger partial charge in [0, 0.05) is 5.25 Å². The molecule has 1 aromatic rings. The van der Waals surface area contributed by atoms with Crippen molar-refractivity contribution >= 4 is 12.6 Å². The molecule has 0 aliphatic carbocycles. The highest BCUT2D eigenvalue weighted by Crippen LogP contribution is 2.12. The number of thiol groups is 1. The molecule has 0 bridgehead atoms. The molecule has 2 heteroatoms. The van der Waals surface area contributed by atoms with Crippen molar-refractivity contribution in [1.29, 1.82) is 0 Å². The Labute approximate surface area is 85.5 Å². The molecular formula is C11H16OS. The van der Waals surface area contributed by atoms with Gasteiger partial charge in [-0.15, -0.1) is 0 Å². The van der Waals surface area contributed by atoms with Crippen molar-refractivity contribution in [3.8, 4) is 5.75 Å². The van der Waals surface area contributed by atoms with Gasteiger partial charge in [0.05, 0.1) is 6.61 Å². The number of ether oxygens (including phenoxy) is 1. The number of hydrogen-bond acceptors (Lipinski definition) is 2. The summed E-state index contributed by atoms with van der Waals surface area (Å²) in [5, 5.41) is 0.408. The molecule has 0 aliphatic rings. The third-order valence-corrected chi connectivity index (χ3v) is 2.08. The molecule has 0 amide bonds. The Morgan fingerprint density at radius 1 is 1.31 bits per heavy atom.